The zero-order valence-corrected chi connectivity index (χ0v) is 27.8. The standard InChI is InChI=1S/C12H15F10.C9H9F10.C7H9F6/c1-2-3-8(4-9(13,14)6-11(17,18)19)5-10(15,16)7-12(20,21)22;1-2-5(3-6(10,11)8(14,15)16)4-7(12,13)9(17,18)19;1-2-5(3-6(8,9)10)4-7(11,12)13/h2-7H2,1H3;2-4H2,1H3;2-4H2,1H3/q3*-1. The average Bonchev–Trinajstić information content (AvgIpc) is 2.81. The Balaban J connectivity index is -0.000000746. The van der Waals surface area contributed by atoms with Crippen LogP contribution in [-0.2, 0) is 0 Å². The summed E-state index contributed by atoms with van der Waals surface area (Å²) in [5, 5.41) is 0. The van der Waals surface area contributed by atoms with Gasteiger partial charge in [0.25, 0.3) is 0 Å². The summed E-state index contributed by atoms with van der Waals surface area (Å²) in [5.41, 5.74) is 0. The lowest BCUT2D eigenvalue weighted by atomic mass is 9.88. The van der Waals surface area contributed by atoms with Crippen molar-refractivity contribution in [2.75, 3.05) is 0 Å². The smallest absolute Gasteiger partial charge is 0.302 e. The Labute approximate surface area is 291 Å². The van der Waals surface area contributed by atoms with Gasteiger partial charge in [0.05, 0.1) is 0 Å². The van der Waals surface area contributed by atoms with E-state index < -0.39 is 136 Å². The van der Waals surface area contributed by atoms with Gasteiger partial charge in [0.1, 0.15) is 12.8 Å². The monoisotopic (exact) mass is 863 g/mol. The van der Waals surface area contributed by atoms with Crippen LogP contribution in [0.3, 0.4) is 0 Å². The lowest BCUT2D eigenvalue weighted by molar-refractivity contribution is -0.292. The molecule has 54 heavy (non-hydrogen) atoms. The van der Waals surface area contributed by atoms with E-state index in [9.17, 15) is 114 Å². The number of rotatable bonds is 16. The molecule has 0 nitrogen and oxygen atoms in total. The molecule has 0 fully saturated rings. The maximum Gasteiger partial charge on any atom is 0.450 e. The van der Waals surface area contributed by atoms with E-state index in [1.165, 1.54) is 13.8 Å². The van der Waals surface area contributed by atoms with E-state index in [1.807, 2.05) is 0 Å². The first-order valence-corrected chi connectivity index (χ1v) is 14.8. The van der Waals surface area contributed by atoms with Crippen molar-refractivity contribution in [2.24, 2.45) is 0 Å². The Bertz CT molecular complexity index is 934. The van der Waals surface area contributed by atoms with Crippen LogP contribution in [0.1, 0.15) is 97.8 Å². The van der Waals surface area contributed by atoms with E-state index in [0.717, 1.165) is 6.92 Å². The van der Waals surface area contributed by atoms with Crippen molar-refractivity contribution in [3.8, 4) is 0 Å². The van der Waals surface area contributed by atoms with Gasteiger partial charge in [-0.2, -0.15) is 116 Å². The van der Waals surface area contributed by atoms with Crippen molar-refractivity contribution in [1.82, 2.24) is 0 Å². The third kappa shape index (κ3) is 28.6. The summed E-state index contributed by atoms with van der Waals surface area (Å²) in [5.74, 6) is -21.7. The molecular formula is C28H33F26-3. The van der Waals surface area contributed by atoms with Crippen LogP contribution >= 0.6 is 0 Å². The molecule has 0 amide bonds. The summed E-state index contributed by atoms with van der Waals surface area (Å²) < 4.78 is 316. The number of halogens is 26. The van der Waals surface area contributed by atoms with Crippen LogP contribution in [-0.4, -0.2) is 60.7 Å². The maximum atomic E-state index is 13.2. The quantitative estimate of drug-likeness (QED) is 0.107. The highest BCUT2D eigenvalue weighted by atomic mass is 19.4. The summed E-state index contributed by atoms with van der Waals surface area (Å²) >= 11 is 0. The third-order valence-electron chi connectivity index (χ3n) is 6.21. The van der Waals surface area contributed by atoms with Gasteiger partial charge < -0.3 is 11.8 Å². The van der Waals surface area contributed by atoms with Crippen molar-refractivity contribution in [3.63, 3.8) is 0 Å². The Morgan fingerprint density at radius 3 is 0.759 bits per heavy atom. The van der Waals surface area contributed by atoms with Crippen LogP contribution in [0, 0.1) is 17.8 Å². The predicted molar refractivity (Wildman–Crippen MR) is 138 cm³/mol. The lowest BCUT2D eigenvalue weighted by Gasteiger charge is -2.37. The number of hydrogen-bond acceptors (Lipinski definition) is 0. The average molecular weight is 864 g/mol. The van der Waals surface area contributed by atoms with Gasteiger partial charge in [-0.05, 0) is 0 Å². The Morgan fingerprint density at radius 1 is 0.315 bits per heavy atom. The van der Waals surface area contributed by atoms with E-state index in [0.29, 0.717) is 0 Å². The summed E-state index contributed by atoms with van der Waals surface area (Å²) in [6.07, 6.45) is -48.2. The third-order valence-corrected chi connectivity index (χ3v) is 6.21. The minimum Gasteiger partial charge on any atom is -0.302 e. The Kier molecular flexibility index (Phi) is 21.5. The molecular weight excluding hydrogens is 830 g/mol. The summed E-state index contributed by atoms with van der Waals surface area (Å²) in [7, 11) is 0. The lowest BCUT2D eigenvalue weighted by Crippen LogP contribution is -2.41. The summed E-state index contributed by atoms with van der Waals surface area (Å²) in [6.45, 7) is 3.60. The van der Waals surface area contributed by atoms with Gasteiger partial charge in [-0.3, -0.25) is 5.92 Å². The molecule has 0 radical (unpaired) electrons. The fraction of sp³-hybridized carbons (Fsp3) is 0.893. The van der Waals surface area contributed by atoms with Crippen LogP contribution in [0.15, 0.2) is 0 Å². The molecule has 0 N–H and O–H groups in total. The van der Waals surface area contributed by atoms with E-state index in [1.54, 1.807) is 0 Å². The molecule has 0 aromatic carbocycles. The molecule has 0 saturated carbocycles. The van der Waals surface area contributed by atoms with Crippen LogP contribution < -0.4 is 0 Å². The topological polar surface area (TPSA) is 0 Å². The van der Waals surface area contributed by atoms with E-state index in [2.05, 4.69) is 0 Å². The van der Waals surface area contributed by atoms with Crippen LogP contribution in [0.5, 0.6) is 0 Å². The zero-order valence-electron chi connectivity index (χ0n) is 27.8. The zero-order chi connectivity index (χ0) is 44.2. The fourth-order valence-electron chi connectivity index (χ4n) is 4.06. The van der Waals surface area contributed by atoms with Crippen LogP contribution in [0.25, 0.3) is 0 Å². The molecule has 0 saturated heterocycles. The minimum atomic E-state index is -6.00. The fourth-order valence-corrected chi connectivity index (χ4v) is 4.06. The molecule has 0 unspecified atom stereocenters. The van der Waals surface area contributed by atoms with E-state index in [4.69, 9.17) is 0 Å². The van der Waals surface area contributed by atoms with Gasteiger partial charge in [0.15, 0.2) is 0 Å². The van der Waals surface area contributed by atoms with Gasteiger partial charge in [0, 0.05) is 0 Å². The van der Waals surface area contributed by atoms with Crippen molar-refractivity contribution in [2.45, 2.75) is 159 Å². The molecule has 0 heterocycles. The molecule has 0 aliphatic rings. The SMILES string of the molecule is CCC[C-](CC(F)(F)CC(F)(F)F)CC(F)(F)CC(F)(F)F.CC[C-](CC(F)(F)C(F)(F)F)CC(F)(F)C(F)(F)F.CC[C-](CC(F)(F)F)CC(F)(F)F. The predicted octanol–water partition coefficient (Wildman–Crippen LogP) is 15.3. The molecule has 330 valence electrons. The van der Waals surface area contributed by atoms with E-state index >= 15 is 0 Å². The highest BCUT2D eigenvalue weighted by Crippen LogP contribution is 2.47. The molecule has 0 aromatic rings. The van der Waals surface area contributed by atoms with Gasteiger partial charge >= 0.3 is 48.9 Å². The summed E-state index contributed by atoms with van der Waals surface area (Å²) in [4.78, 5) is 0. The molecule has 0 aliphatic carbocycles. The summed E-state index contributed by atoms with van der Waals surface area (Å²) in [6, 6.07) is 0. The second-order valence-corrected chi connectivity index (χ2v) is 11.7. The first kappa shape index (κ1) is 56.5. The van der Waals surface area contributed by atoms with Crippen molar-refractivity contribution in [1.29, 1.82) is 0 Å². The molecule has 0 aliphatic heterocycles. The highest BCUT2D eigenvalue weighted by molar-refractivity contribution is 5.01. The Morgan fingerprint density at radius 2 is 0.574 bits per heavy atom. The van der Waals surface area contributed by atoms with E-state index in [-0.39, 0.29) is 19.3 Å². The van der Waals surface area contributed by atoms with Gasteiger partial charge in [-0.1, -0.05) is 40.0 Å². The normalized spacial score (nSPS) is 14.7. The molecule has 0 spiro atoms. The minimum absolute atomic E-state index is 0.0551. The Hall–Kier alpha value is -1.82. The van der Waals surface area contributed by atoms with Crippen LogP contribution in [0.4, 0.5) is 114 Å². The van der Waals surface area contributed by atoms with Gasteiger partial charge in [-0.25, -0.2) is 17.6 Å². The molecule has 0 atom stereocenters. The highest BCUT2D eigenvalue weighted by Gasteiger charge is 2.58. The first-order valence-electron chi connectivity index (χ1n) is 14.8. The van der Waals surface area contributed by atoms with Crippen molar-refractivity contribution < 1.29 is 114 Å². The molecule has 26 heteroatoms. The number of alkyl halides is 26. The second-order valence-electron chi connectivity index (χ2n) is 11.7. The number of hydrogen-bond donors (Lipinski definition) is 0. The van der Waals surface area contributed by atoms with Crippen molar-refractivity contribution in [3.05, 3.63) is 17.8 Å². The van der Waals surface area contributed by atoms with Crippen molar-refractivity contribution >= 4 is 0 Å². The van der Waals surface area contributed by atoms with Crippen LogP contribution in [0.2, 0.25) is 0 Å². The second kappa shape index (κ2) is 20.6. The molecule has 0 rings (SSSR count). The molecule has 0 bridgehead atoms. The first-order chi connectivity index (χ1) is 23.3. The molecule has 0 aromatic heterocycles. The largest absolute Gasteiger partial charge is 0.450 e. The van der Waals surface area contributed by atoms with Gasteiger partial charge in [0.2, 0.25) is 11.8 Å². The van der Waals surface area contributed by atoms with Gasteiger partial charge in [-0.15, -0.1) is 25.7 Å². The maximum absolute atomic E-state index is 13.2.